The minimum Gasteiger partial charge on any atom is -0.460 e. The largest absolute Gasteiger partial charge is 0.460 e. The van der Waals surface area contributed by atoms with Crippen LogP contribution in [0.2, 0.25) is 0 Å². The summed E-state index contributed by atoms with van der Waals surface area (Å²) in [6.45, 7) is 2.16. The Bertz CT molecular complexity index is 676. The molecule has 0 aliphatic rings. The minimum atomic E-state index is -0.250. The average Bonchev–Trinajstić information content (AvgIpc) is 3.16. The summed E-state index contributed by atoms with van der Waals surface area (Å²) in [6.07, 6.45) is 3.47. The van der Waals surface area contributed by atoms with Gasteiger partial charge < -0.3 is 9.73 Å². The van der Waals surface area contributed by atoms with Gasteiger partial charge >= 0.3 is 0 Å². The maximum absolute atomic E-state index is 12.9. The molecule has 0 saturated carbocycles. The Labute approximate surface area is 121 Å². The van der Waals surface area contributed by atoms with Crippen molar-refractivity contribution in [2.75, 3.05) is 6.54 Å². The Hall–Kier alpha value is -2.47. The average molecular weight is 286 g/mol. The van der Waals surface area contributed by atoms with E-state index in [4.69, 9.17) is 4.42 Å². The van der Waals surface area contributed by atoms with Crippen molar-refractivity contribution < 1.29 is 8.81 Å². The SMILES string of the molecule is Fc1ccc(-c2ccc(CNCCn3ccnn3)o2)cc1. The fourth-order valence-corrected chi connectivity index (χ4v) is 2.00. The van der Waals surface area contributed by atoms with Gasteiger partial charge in [-0.1, -0.05) is 5.21 Å². The van der Waals surface area contributed by atoms with Gasteiger partial charge in [-0.2, -0.15) is 0 Å². The second kappa shape index (κ2) is 6.32. The number of benzene rings is 1. The minimum absolute atomic E-state index is 0.250. The number of nitrogens with zero attached hydrogens (tertiary/aromatic N) is 3. The van der Waals surface area contributed by atoms with E-state index in [1.54, 1.807) is 23.0 Å². The zero-order valence-electron chi connectivity index (χ0n) is 11.4. The molecule has 0 spiro atoms. The molecule has 5 nitrogen and oxygen atoms in total. The first-order valence-corrected chi connectivity index (χ1v) is 6.71. The van der Waals surface area contributed by atoms with Crippen molar-refractivity contribution in [2.24, 2.45) is 0 Å². The van der Waals surface area contributed by atoms with Crippen molar-refractivity contribution in [3.8, 4) is 11.3 Å². The van der Waals surface area contributed by atoms with Crippen molar-refractivity contribution in [2.45, 2.75) is 13.1 Å². The lowest BCUT2D eigenvalue weighted by Crippen LogP contribution is -2.19. The molecule has 0 fully saturated rings. The molecule has 0 bridgehead atoms. The molecule has 0 aliphatic carbocycles. The first kappa shape index (κ1) is 13.5. The Morgan fingerprint density at radius 1 is 1.14 bits per heavy atom. The lowest BCUT2D eigenvalue weighted by Gasteiger charge is -2.02. The molecule has 1 aromatic carbocycles. The standard InChI is InChI=1S/C15H15FN4O/c16-13-3-1-12(2-4-13)15-6-5-14(21-15)11-17-7-9-20-10-8-18-19-20/h1-6,8,10,17H,7,9,11H2. The second-order valence-corrected chi connectivity index (χ2v) is 4.62. The zero-order valence-corrected chi connectivity index (χ0v) is 11.4. The van der Waals surface area contributed by atoms with Crippen LogP contribution in [-0.4, -0.2) is 21.5 Å². The highest BCUT2D eigenvalue weighted by molar-refractivity contribution is 5.57. The summed E-state index contributed by atoms with van der Waals surface area (Å²) < 4.78 is 20.4. The van der Waals surface area contributed by atoms with Gasteiger partial charge in [0.1, 0.15) is 17.3 Å². The van der Waals surface area contributed by atoms with E-state index in [0.29, 0.717) is 6.54 Å². The monoisotopic (exact) mass is 286 g/mol. The third-order valence-corrected chi connectivity index (χ3v) is 3.08. The third-order valence-electron chi connectivity index (χ3n) is 3.08. The summed E-state index contributed by atoms with van der Waals surface area (Å²) in [6, 6.07) is 10.1. The number of nitrogens with one attached hydrogen (secondary N) is 1. The van der Waals surface area contributed by atoms with Crippen LogP contribution in [0.4, 0.5) is 4.39 Å². The molecule has 2 aromatic heterocycles. The number of aromatic nitrogens is 3. The highest BCUT2D eigenvalue weighted by atomic mass is 19.1. The molecule has 108 valence electrons. The molecule has 1 N–H and O–H groups in total. The van der Waals surface area contributed by atoms with Crippen molar-refractivity contribution >= 4 is 0 Å². The highest BCUT2D eigenvalue weighted by Crippen LogP contribution is 2.22. The molecule has 0 saturated heterocycles. The number of hydrogen-bond donors (Lipinski definition) is 1. The van der Waals surface area contributed by atoms with Gasteiger partial charge in [0.05, 0.1) is 19.3 Å². The van der Waals surface area contributed by atoms with Crippen LogP contribution in [0.1, 0.15) is 5.76 Å². The molecule has 3 aromatic rings. The number of hydrogen-bond acceptors (Lipinski definition) is 4. The molecule has 0 atom stereocenters. The van der Waals surface area contributed by atoms with Gasteiger partial charge in [-0.05, 0) is 36.4 Å². The van der Waals surface area contributed by atoms with E-state index in [2.05, 4.69) is 15.6 Å². The van der Waals surface area contributed by atoms with Gasteiger partial charge in [0.2, 0.25) is 0 Å². The van der Waals surface area contributed by atoms with E-state index in [1.165, 1.54) is 12.1 Å². The third kappa shape index (κ3) is 3.55. The quantitative estimate of drug-likeness (QED) is 0.707. The van der Waals surface area contributed by atoms with E-state index in [-0.39, 0.29) is 5.82 Å². The molecule has 21 heavy (non-hydrogen) atoms. The van der Waals surface area contributed by atoms with Crippen LogP contribution in [0.3, 0.4) is 0 Å². The first-order valence-electron chi connectivity index (χ1n) is 6.71. The van der Waals surface area contributed by atoms with Gasteiger partial charge in [-0.15, -0.1) is 5.10 Å². The molecular weight excluding hydrogens is 271 g/mol. The molecule has 3 rings (SSSR count). The van der Waals surface area contributed by atoms with Crippen molar-refractivity contribution in [3.63, 3.8) is 0 Å². The van der Waals surface area contributed by atoms with Gasteiger partial charge in [0, 0.05) is 18.3 Å². The Kier molecular flexibility index (Phi) is 4.07. The number of halogens is 1. The van der Waals surface area contributed by atoms with Gasteiger partial charge in [-0.25, -0.2) is 4.39 Å². The van der Waals surface area contributed by atoms with E-state index in [9.17, 15) is 4.39 Å². The normalized spacial score (nSPS) is 10.9. The zero-order chi connectivity index (χ0) is 14.5. The van der Waals surface area contributed by atoms with E-state index in [0.717, 1.165) is 30.2 Å². The van der Waals surface area contributed by atoms with Gasteiger partial charge in [-0.3, -0.25) is 4.68 Å². The molecular formula is C15H15FN4O. The fourth-order valence-electron chi connectivity index (χ4n) is 2.00. The maximum Gasteiger partial charge on any atom is 0.134 e. The molecule has 0 amide bonds. The van der Waals surface area contributed by atoms with Crippen molar-refractivity contribution in [3.05, 3.63) is 60.4 Å². The van der Waals surface area contributed by atoms with Crippen LogP contribution >= 0.6 is 0 Å². The Morgan fingerprint density at radius 3 is 2.76 bits per heavy atom. The predicted octanol–water partition coefficient (Wildman–Crippen LogP) is 2.47. The van der Waals surface area contributed by atoms with Crippen LogP contribution < -0.4 is 5.32 Å². The molecule has 0 radical (unpaired) electrons. The van der Waals surface area contributed by atoms with Crippen LogP contribution in [0, 0.1) is 5.82 Å². The summed E-state index contributed by atoms with van der Waals surface area (Å²) in [5.74, 6) is 1.33. The summed E-state index contributed by atoms with van der Waals surface area (Å²) >= 11 is 0. The summed E-state index contributed by atoms with van der Waals surface area (Å²) in [5, 5.41) is 10.9. The number of rotatable bonds is 6. The summed E-state index contributed by atoms with van der Waals surface area (Å²) in [5.41, 5.74) is 0.866. The van der Waals surface area contributed by atoms with Crippen LogP contribution in [-0.2, 0) is 13.1 Å². The fraction of sp³-hybridized carbons (Fsp3) is 0.200. The van der Waals surface area contributed by atoms with Crippen LogP contribution in [0.15, 0.2) is 53.2 Å². The Morgan fingerprint density at radius 2 is 2.00 bits per heavy atom. The Balaban J connectivity index is 1.52. The van der Waals surface area contributed by atoms with E-state index < -0.39 is 0 Å². The predicted molar refractivity (Wildman–Crippen MR) is 75.8 cm³/mol. The highest BCUT2D eigenvalue weighted by Gasteiger charge is 2.04. The van der Waals surface area contributed by atoms with Crippen LogP contribution in [0.5, 0.6) is 0 Å². The lowest BCUT2D eigenvalue weighted by atomic mass is 10.2. The number of furan rings is 1. The lowest BCUT2D eigenvalue weighted by molar-refractivity contribution is 0.475. The summed E-state index contributed by atoms with van der Waals surface area (Å²) in [7, 11) is 0. The second-order valence-electron chi connectivity index (χ2n) is 4.62. The van der Waals surface area contributed by atoms with Gasteiger partial charge in [0.15, 0.2) is 0 Å². The smallest absolute Gasteiger partial charge is 0.134 e. The first-order chi connectivity index (χ1) is 10.3. The molecule has 6 heteroatoms. The molecule has 0 unspecified atom stereocenters. The van der Waals surface area contributed by atoms with Crippen molar-refractivity contribution in [1.82, 2.24) is 20.3 Å². The van der Waals surface area contributed by atoms with E-state index >= 15 is 0 Å². The molecule has 0 aliphatic heterocycles. The van der Waals surface area contributed by atoms with Crippen LogP contribution in [0.25, 0.3) is 11.3 Å². The van der Waals surface area contributed by atoms with Crippen molar-refractivity contribution in [1.29, 1.82) is 0 Å². The van der Waals surface area contributed by atoms with E-state index in [1.807, 2.05) is 18.3 Å². The summed E-state index contributed by atoms with van der Waals surface area (Å²) in [4.78, 5) is 0. The van der Waals surface area contributed by atoms with Gasteiger partial charge in [0.25, 0.3) is 0 Å². The molecule has 2 heterocycles. The topological polar surface area (TPSA) is 55.9 Å². The maximum atomic E-state index is 12.9.